The molecule has 0 atom stereocenters. The summed E-state index contributed by atoms with van der Waals surface area (Å²) in [6, 6.07) is 5.05. The molecule has 2 aromatic heterocycles. The van der Waals surface area contributed by atoms with Crippen LogP contribution in [0.5, 0.6) is 0 Å². The Bertz CT molecular complexity index is 686. The first kappa shape index (κ1) is 15.9. The largest absolute Gasteiger partial charge is 0.260 e. The van der Waals surface area contributed by atoms with E-state index in [9.17, 15) is 8.42 Å². The molecule has 0 fully saturated rings. The Morgan fingerprint density at radius 3 is 2.65 bits per heavy atom. The van der Waals surface area contributed by atoms with E-state index < -0.39 is 10.0 Å². The Morgan fingerprint density at radius 2 is 2.15 bits per heavy atom. The van der Waals surface area contributed by atoms with Crippen molar-refractivity contribution in [2.75, 3.05) is 7.05 Å². The summed E-state index contributed by atoms with van der Waals surface area (Å²) in [6.45, 7) is 0.309. The van der Waals surface area contributed by atoms with Gasteiger partial charge in [0.1, 0.15) is 0 Å². The highest BCUT2D eigenvalue weighted by molar-refractivity contribution is 9.11. The summed E-state index contributed by atoms with van der Waals surface area (Å²) in [5.41, 5.74) is 1.72. The molecule has 0 radical (unpaired) electrons. The van der Waals surface area contributed by atoms with Crippen molar-refractivity contribution >= 4 is 48.9 Å². The second-order valence-electron chi connectivity index (χ2n) is 4.16. The number of halogens is 2. The van der Waals surface area contributed by atoms with E-state index in [1.54, 1.807) is 6.07 Å². The van der Waals surface area contributed by atoms with E-state index in [4.69, 9.17) is 11.6 Å². The van der Waals surface area contributed by atoms with Gasteiger partial charge in [0.25, 0.3) is 10.0 Å². The van der Waals surface area contributed by atoms with Crippen molar-refractivity contribution in [2.45, 2.75) is 17.5 Å². The molecular weight excluding hydrogens is 384 g/mol. The maximum atomic E-state index is 12.4. The molecule has 0 saturated heterocycles. The van der Waals surface area contributed by atoms with Gasteiger partial charge in [-0.25, -0.2) is 13.4 Å². The summed E-state index contributed by atoms with van der Waals surface area (Å²) in [4.78, 5) is 3.97. The van der Waals surface area contributed by atoms with Crippen molar-refractivity contribution in [3.63, 3.8) is 0 Å². The van der Waals surface area contributed by atoms with Crippen LogP contribution in [0.4, 0.5) is 0 Å². The summed E-state index contributed by atoms with van der Waals surface area (Å²) in [5.74, 6) is 0.312. The maximum absolute atomic E-state index is 12.4. The normalized spacial score (nSPS) is 12.0. The molecule has 0 spiro atoms. The minimum Gasteiger partial charge on any atom is -0.243 e. The van der Waals surface area contributed by atoms with Gasteiger partial charge in [0.2, 0.25) is 0 Å². The highest BCUT2D eigenvalue weighted by atomic mass is 79.9. The molecule has 8 heteroatoms. The topological polar surface area (TPSA) is 50.3 Å². The van der Waals surface area contributed by atoms with Crippen molar-refractivity contribution in [1.82, 2.24) is 9.29 Å². The van der Waals surface area contributed by atoms with Crippen LogP contribution in [0, 0.1) is 0 Å². The van der Waals surface area contributed by atoms with Gasteiger partial charge in [0.15, 0.2) is 5.03 Å². The number of aromatic nitrogens is 1. The zero-order valence-corrected chi connectivity index (χ0v) is 14.6. The Balaban J connectivity index is 2.19. The molecule has 0 aromatic carbocycles. The third kappa shape index (κ3) is 3.59. The van der Waals surface area contributed by atoms with Crippen LogP contribution in [0.15, 0.2) is 38.6 Å². The maximum Gasteiger partial charge on any atom is 0.260 e. The van der Waals surface area contributed by atoms with E-state index >= 15 is 0 Å². The van der Waals surface area contributed by atoms with E-state index in [0.717, 1.165) is 14.9 Å². The number of sulfonamides is 1. The SMILES string of the molecule is CN(Cc1csc(Br)c1)S(=O)(=O)c1ccc(CCl)cn1. The third-order valence-electron chi connectivity index (χ3n) is 2.65. The molecule has 0 aliphatic rings. The number of rotatable bonds is 5. The Hall–Kier alpha value is -0.470. The zero-order valence-electron chi connectivity index (χ0n) is 10.6. The van der Waals surface area contributed by atoms with E-state index in [1.807, 2.05) is 11.4 Å². The van der Waals surface area contributed by atoms with Gasteiger partial charge in [-0.15, -0.1) is 22.9 Å². The molecule has 0 unspecified atom stereocenters. The van der Waals surface area contributed by atoms with Crippen LogP contribution in [0.1, 0.15) is 11.1 Å². The van der Waals surface area contributed by atoms with Gasteiger partial charge in [-0.1, -0.05) is 6.07 Å². The summed E-state index contributed by atoms with van der Waals surface area (Å²) in [5, 5.41) is 1.95. The first-order valence-corrected chi connectivity index (χ1v) is 9.28. The van der Waals surface area contributed by atoms with Crippen molar-refractivity contribution in [3.05, 3.63) is 44.7 Å². The lowest BCUT2D eigenvalue weighted by molar-refractivity contribution is 0.464. The highest BCUT2D eigenvalue weighted by Crippen LogP contribution is 2.23. The number of hydrogen-bond acceptors (Lipinski definition) is 4. The average Bonchev–Trinajstić information content (AvgIpc) is 2.84. The summed E-state index contributed by atoms with van der Waals surface area (Å²) >= 11 is 10.5. The summed E-state index contributed by atoms with van der Waals surface area (Å²) in [7, 11) is -2.04. The van der Waals surface area contributed by atoms with Gasteiger partial charge >= 0.3 is 0 Å². The number of thiophene rings is 1. The van der Waals surface area contributed by atoms with Crippen LogP contribution >= 0.6 is 38.9 Å². The first-order valence-electron chi connectivity index (χ1n) is 5.63. The number of pyridine rings is 1. The molecule has 0 bridgehead atoms. The van der Waals surface area contributed by atoms with E-state index in [2.05, 4.69) is 20.9 Å². The van der Waals surface area contributed by atoms with E-state index in [-0.39, 0.29) is 5.03 Å². The van der Waals surface area contributed by atoms with Crippen LogP contribution in [-0.4, -0.2) is 24.8 Å². The summed E-state index contributed by atoms with van der Waals surface area (Å²) in [6.07, 6.45) is 1.48. The van der Waals surface area contributed by atoms with Crippen LogP contribution in [0.2, 0.25) is 0 Å². The molecule has 0 saturated carbocycles. The molecule has 20 heavy (non-hydrogen) atoms. The van der Waals surface area contributed by atoms with E-state index in [1.165, 1.54) is 35.0 Å². The molecule has 2 rings (SSSR count). The fourth-order valence-electron chi connectivity index (χ4n) is 1.57. The second kappa shape index (κ2) is 6.53. The lowest BCUT2D eigenvalue weighted by atomic mass is 10.3. The Kier molecular flexibility index (Phi) is 5.19. The van der Waals surface area contributed by atoms with Crippen molar-refractivity contribution in [2.24, 2.45) is 0 Å². The molecule has 2 heterocycles. The molecule has 0 aliphatic heterocycles. The molecule has 108 valence electrons. The molecule has 0 N–H and O–H groups in total. The molecular formula is C12H12BrClN2O2S2. The van der Waals surface area contributed by atoms with Crippen LogP contribution in [0.25, 0.3) is 0 Å². The molecule has 2 aromatic rings. The van der Waals surface area contributed by atoms with E-state index in [0.29, 0.717) is 12.4 Å². The fraction of sp³-hybridized carbons (Fsp3) is 0.250. The predicted molar refractivity (Wildman–Crippen MR) is 84.5 cm³/mol. The van der Waals surface area contributed by atoms with Gasteiger partial charge in [-0.05, 0) is 44.6 Å². The second-order valence-corrected chi connectivity index (χ2v) is 8.71. The van der Waals surface area contributed by atoms with Crippen LogP contribution < -0.4 is 0 Å². The van der Waals surface area contributed by atoms with Crippen LogP contribution in [0.3, 0.4) is 0 Å². The monoisotopic (exact) mass is 394 g/mol. The van der Waals surface area contributed by atoms with Crippen LogP contribution in [-0.2, 0) is 22.4 Å². The first-order chi connectivity index (χ1) is 9.43. The van der Waals surface area contributed by atoms with Crippen molar-refractivity contribution in [1.29, 1.82) is 0 Å². The lowest BCUT2D eigenvalue weighted by Crippen LogP contribution is -2.27. The molecule has 4 nitrogen and oxygen atoms in total. The van der Waals surface area contributed by atoms with Crippen molar-refractivity contribution in [3.8, 4) is 0 Å². The average molecular weight is 396 g/mol. The quantitative estimate of drug-likeness (QED) is 0.728. The minimum atomic E-state index is -3.58. The van der Waals surface area contributed by atoms with Gasteiger partial charge in [-0.3, -0.25) is 0 Å². The van der Waals surface area contributed by atoms with Gasteiger partial charge in [0.05, 0.1) is 3.79 Å². The fourth-order valence-corrected chi connectivity index (χ4v) is 4.00. The van der Waals surface area contributed by atoms with Gasteiger partial charge in [-0.2, -0.15) is 4.31 Å². The predicted octanol–water partition coefficient (Wildman–Crippen LogP) is 3.47. The smallest absolute Gasteiger partial charge is 0.243 e. The number of alkyl halides is 1. The Morgan fingerprint density at radius 1 is 1.40 bits per heavy atom. The molecule has 0 amide bonds. The standard InChI is InChI=1S/C12H12BrClN2O2S2/c1-16(7-10-4-11(13)19-8-10)20(17,18)12-3-2-9(5-14)6-15-12/h2-4,6,8H,5,7H2,1H3. The van der Waals surface area contributed by atoms with Crippen molar-refractivity contribution < 1.29 is 8.42 Å². The minimum absolute atomic E-state index is 0.0307. The number of hydrogen-bond donors (Lipinski definition) is 0. The lowest BCUT2D eigenvalue weighted by Gasteiger charge is -2.15. The van der Waals surface area contributed by atoms with Gasteiger partial charge < -0.3 is 0 Å². The zero-order chi connectivity index (χ0) is 14.8. The highest BCUT2D eigenvalue weighted by Gasteiger charge is 2.22. The van der Waals surface area contributed by atoms with Gasteiger partial charge in [0, 0.05) is 25.7 Å². The third-order valence-corrected chi connectivity index (χ3v) is 6.24. The Labute approximate surface area is 135 Å². The number of nitrogens with zero attached hydrogens (tertiary/aromatic N) is 2. The summed E-state index contributed by atoms with van der Waals surface area (Å²) < 4.78 is 27.0. The molecule has 0 aliphatic carbocycles.